The van der Waals surface area contributed by atoms with Crippen molar-refractivity contribution in [3.8, 4) is 0 Å². The fraction of sp³-hybridized carbons (Fsp3) is 0.471. The van der Waals surface area contributed by atoms with Crippen molar-refractivity contribution < 1.29 is 14.4 Å². The Bertz CT molecular complexity index is 570. The summed E-state index contributed by atoms with van der Waals surface area (Å²) in [6.07, 6.45) is 3.16. The number of hydrogen-bond donors (Lipinski definition) is 3. The summed E-state index contributed by atoms with van der Waals surface area (Å²) in [6.45, 7) is 3.03. The summed E-state index contributed by atoms with van der Waals surface area (Å²) in [5.74, 6) is -0.412. The van der Waals surface area contributed by atoms with E-state index in [4.69, 9.17) is 0 Å². The molecule has 0 spiro atoms. The van der Waals surface area contributed by atoms with Gasteiger partial charge in [0.05, 0.1) is 6.54 Å². The van der Waals surface area contributed by atoms with E-state index >= 15 is 0 Å². The molecule has 24 heavy (non-hydrogen) atoms. The van der Waals surface area contributed by atoms with Crippen molar-refractivity contribution in [2.24, 2.45) is 0 Å². The number of carbonyl (C=O) groups is 3. The molecule has 1 saturated heterocycles. The molecular formula is C17H24N4O3. The highest BCUT2D eigenvalue weighted by Gasteiger charge is 2.19. The molecular weight excluding hydrogens is 308 g/mol. The molecule has 0 unspecified atom stereocenters. The number of likely N-dealkylation sites (tertiary alicyclic amines) is 1. The number of urea groups is 1. The summed E-state index contributed by atoms with van der Waals surface area (Å²) in [5.41, 5.74) is 0.664. The van der Waals surface area contributed by atoms with Gasteiger partial charge in [-0.3, -0.25) is 9.59 Å². The zero-order chi connectivity index (χ0) is 17.4. The van der Waals surface area contributed by atoms with E-state index in [9.17, 15) is 14.4 Å². The lowest BCUT2D eigenvalue weighted by molar-refractivity contribution is -0.130. The number of para-hydroxylation sites is 1. The first-order valence-corrected chi connectivity index (χ1v) is 8.24. The van der Waals surface area contributed by atoms with Crippen LogP contribution in [0.3, 0.4) is 0 Å². The lowest BCUT2D eigenvalue weighted by Crippen LogP contribution is -2.49. The molecule has 3 N–H and O–H groups in total. The van der Waals surface area contributed by atoms with E-state index in [2.05, 4.69) is 16.0 Å². The summed E-state index contributed by atoms with van der Waals surface area (Å²) in [7, 11) is 0. The second-order valence-electron chi connectivity index (χ2n) is 5.85. The number of hydrogen-bond acceptors (Lipinski definition) is 3. The normalized spacial score (nSPS) is 15.3. The average Bonchev–Trinajstić information content (AvgIpc) is 2.61. The Balaban J connectivity index is 1.70. The Labute approximate surface area is 141 Å². The van der Waals surface area contributed by atoms with Crippen LogP contribution in [0.1, 0.15) is 26.2 Å². The van der Waals surface area contributed by atoms with E-state index in [0.717, 1.165) is 32.4 Å². The number of carbonyl (C=O) groups excluding carboxylic acids is 3. The molecule has 1 aliphatic rings. The van der Waals surface area contributed by atoms with Gasteiger partial charge in [-0.05, 0) is 38.3 Å². The molecule has 0 aliphatic carbocycles. The maximum atomic E-state index is 12.0. The van der Waals surface area contributed by atoms with Crippen LogP contribution in [0.5, 0.6) is 0 Å². The Morgan fingerprint density at radius 1 is 1.08 bits per heavy atom. The van der Waals surface area contributed by atoms with Crippen molar-refractivity contribution in [3.63, 3.8) is 0 Å². The van der Waals surface area contributed by atoms with E-state index in [1.165, 1.54) is 0 Å². The van der Waals surface area contributed by atoms with Crippen LogP contribution in [0.4, 0.5) is 10.5 Å². The molecule has 7 heteroatoms. The van der Waals surface area contributed by atoms with Crippen molar-refractivity contribution in [2.75, 3.05) is 25.0 Å². The largest absolute Gasteiger partial charge is 0.341 e. The highest BCUT2D eigenvalue weighted by molar-refractivity contribution is 5.97. The molecule has 1 aromatic carbocycles. The molecule has 2 rings (SSSR count). The minimum atomic E-state index is -0.713. The molecule has 7 nitrogen and oxygen atoms in total. The lowest BCUT2D eigenvalue weighted by atomic mass is 10.1. The van der Waals surface area contributed by atoms with Crippen LogP contribution in [0.15, 0.2) is 30.3 Å². The maximum absolute atomic E-state index is 12.0. The maximum Gasteiger partial charge on any atom is 0.315 e. The third-order valence-corrected chi connectivity index (χ3v) is 3.89. The van der Waals surface area contributed by atoms with Gasteiger partial charge in [0.2, 0.25) is 11.8 Å². The van der Waals surface area contributed by atoms with E-state index in [0.29, 0.717) is 5.69 Å². The minimum Gasteiger partial charge on any atom is -0.341 e. The fourth-order valence-corrected chi connectivity index (χ4v) is 2.50. The third kappa shape index (κ3) is 5.57. The van der Waals surface area contributed by atoms with Crippen LogP contribution in [0.2, 0.25) is 0 Å². The number of anilines is 1. The molecule has 1 atom stereocenters. The molecule has 130 valence electrons. The lowest BCUT2D eigenvalue weighted by Gasteiger charge is -2.26. The molecule has 0 aromatic heterocycles. The van der Waals surface area contributed by atoms with E-state index in [1.54, 1.807) is 24.0 Å². The van der Waals surface area contributed by atoms with Crippen LogP contribution >= 0.6 is 0 Å². The van der Waals surface area contributed by atoms with Gasteiger partial charge in [-0.1, -0.05) is 18.2 Å². The van der Waals surface area contributed by atoms with E-state index in [1.807, 2.05) is 18.2 Å². The van der Waals surface area contributed by atoms with Crippen LogP contribution in [0, 0.1) is 0 Å². The third-order valence-electron chi connectivity index (χ3n) is 3.89. The Morgan fingerprint density at radius 2 is 1.75 bits per heavy atom. The quantitative estimate of drug-likeness (QED) is 0.760. The highest BCUT2D eigenvalue weighted by Crippen LogP contribution is 2.08. The van der Waals surface area contributed by atoms with E-state index < -0.39 is 12.1 Å². The van der Waals surface area contributed by atoms with Gasteiger partial charge in [0, 0.05) is 18.8 Å². The molecule has 0 radical (unpaired) electrons. The summed E-state index contributed by atoms with van der Waals surface area (Å²) >= 11 is 0. The topological polar surface area (TPSA) is 90.5 Å². The first-order chi connectivity index (χ1) is 11.6. The second kappa shape index (κ2) is 8.90. The smallest absolute Gasteiger partial charge is 0.315 e. The van der Waals surface area contributed by atoms with Crippen LogP contribution < -0.4 is 16.0 Å². The molecule has 1 heterocycles. The number of rotatable bonds is 5. The fourth-order valence-electron chi connectivity index (χ4n) is 2.50. The summed E-state index contributed by atoms with van der Waals surface area (Å²) in [5, 5.41) is 7.74. The van der Waals surface area contributed by atoms with Crippen LogP contribution in [-0.4, -0.2) is 48.4 Å². The first kappa shape index (κ1) is 17.8. The van der Waals surface area contributed by atoms with Crippen molar-refractivity contribution in [1.82, 2.24) is 15.5 Å². The molecule has 1 aromatic rings. The van der Waals surface area contributed by atoms with Crippen molar-refractivity contribution in [1.29, 1.82) is 0 Å². The van der Waals surface area contributed by atoms with Gasteiger partial charge < -0.3 is 20.9 Å². The molecule has 0 saturated carbocycles. The molecule has 4 amide bonds. The SMILES string of the molecule is C[C@@H](NC(=O)NCC(=O)N1CCCCC1)C(=O)Nc1ccccc1. The number of nitrogens with zero attached hydrogens (tertiary/aromatic N) is 1. The predicted octanol–water partition coefficient (Wildman–Crippen LogP) is 1.33. The molecule has 1 aliphatic heterocycles. The van der Waals surface area contributed by atoms with Gasteiger partial charge in [0.1, 0.15) is 6.04 Å². The Hall–Kier alpha value is -2.57. The number of piperidine rings is 1. The predicted molar refractivity (Wildman–Crippen MR) is 91.5 cm³/mol. The van der Waals surface area contributed by atoms with Gasteiger partial charge in [-0.2, -0.15) is 0 Å². The van der Waals surface area contributed by atoms with Gasteiger partial charge >= 0.3 is 6.03 Å². The van der Waals surface area contributed by atoms with Crippen molar-refractivity contribution in [3.05, 3.63) is 30.3 Å². The number of amides is 4. The van der Waals surface area contributed by atoms with Gasteiger partial charge in [-0.15, -0.1) is 0 Å². The summed E-state index contributed by atoms with van der Waals surface area (Å²) in [4.78, 5) is 37.6. The van der Waals surface area contributed by atoms with Crippen molar-refractivity contribution in [2.45, 2.75) is 32.2 Å². The zero-order valence-electron chi connectivity index (χ0n) is 13.9. The monoisotopic (exact) mass is 332 g/mol. The van der Waals surface area contributed by atoms with Gasteiger partial charge in [0.15, 0.2) is 0 Å². The Morgan fingerprint density at radius 3 is 2.42 bits per heavy atom. The molecule has 0 bridgehead atoms. The van der Waals surface area contributed by atoms with Crippen LogP contribution in [0.25, 0.3) is 0 Å². The van der Waals surface area contributed by atoms with E-state index in [-0.39, 0.29) is 18.4 Å². The van der Waals surface area contributed by atoms with Gasteiger partial charge in [-0.25, -0.2) is 4.79 Å². The average molecular weight is 332 g/mol. The van der Waals surface area contributed by atoms with Crippen LogP contribution in [-0.2, 0) is 9.59 Å². The molecule has 1 fully saturated rings. The standard InChI is InChI=1S/C17H24N4O3/c1-13(16(23)20-14-8-4-2-5-9-14)19-17(24)18-12-15(22)21-10-6-3-7-11-21/h2,4-5,8-9,13H,3,6-7,10-12H2,1H3,(H,20,23)(H2,18,19,24)/t13-/m1/s1. The van der Waals surface area contributed by atoms with Gasteiger partial charge in [0.25, 0.3) is 0 Å². The number of nitrogens with one attached hydrogen (secondary N) is 3. The van der Waals surface area contributed by atoms with Crippen molar-refractivity contribution >= 4 is 23.5 Å². The summed E-state index contributed by atoms with van der Waals surface area (Å²) < 4.78 is 0. The number of benzene rings is 1. The zero-order valence-corrected chi connectivity index (χ0v) is 13.9. The summed E-state index contributed by atoms with van der Waals surface area (Å²) in [6, 6.07) is 7.76. The Kier molecular flexibility index (Phi) is 6.60. The highest BCUT2D eigenvalue weighted by atomic mass is 16.2. The minimum absolute atomic E-state index is 0.0567. The first-order valence-electron chi connectivity index (χ1n) is 8.24. The second-order valence-corrected chi connectivity index (χ2v) is 5.85.